The van der Waals surface area contributed by atoms with Crippen molar-refractivity contribution in [2.24, 2.45) is 10.2 Å². The Morgan fingerprint density at radius 1 is 0.720 bits per heavy atom. The summed E-state index contributed by atoms with van der Waals surface area (Å²) >= 11 is 0.920. The summed E-state index contributed by atoms with van der Waals surface area (Å²) in [5, 5.41) is 8.47. The van der Waals surface area contributed by atoms with E-state index in [1.54, 1.807) is 0 Å². The van der Waals surface area contributed by atoms with Gasteiger partial charge in [0.2, 0.25) is 0 Å². The molecule has 0 heterocycles. The Morgan fingerprint density at radius 2 is 1.08 bits per heavy atom. The number of rotatable bonds is 6. The molecule has 0 atom stereocenters. The molecule has 2 rings (SSSR count). The monoisotopic (exact) mass is 354 g/mol. The van der Waals surface area contributed by atoms with Crippen LogP contribution in [0.1, 0.15) is 13.8 Å². The highest BCUT2D eigenvalue weighted by Gasteiger charge is 2.16. The summed E-state index contributed by atoms with van der Waals surface area (Å²) in [7, 11) is 0. The van der Waals surface area contributed by atoms with E-state index in [0.717, 1.165) is 23.1 Å². The number of nitrogens with zero attached hydrogens (tertiary/aromatic N) is 2. The van der Waals surface area contributed by atoms with Gasteiger partial charge in [0.15, 0.2) is 21.7 Å². The molecule has 2 aromatic carbocycles. The molecule has 0 spiro atoms. The summed E-state index contributed by atoms with van der Waals surface area (Å²) in [6.45, 7) is 2.78. The first-order valence-electron chi connectivity index (χ1n) is 7.53. The van der Waals surface area contributed by atoms with Crippen LogP contribution in [-0.2, 0) is 9.59 Å². The number of nitrogens with one attached hydrogen (secondary N) is 2. The van der Waals surface area contributed by atoms with Crippen LogP contribution in [0, 0.1) is 0 Å². The highest BCUT2D eigenvalue weighted by atomic mass is 32.2. The lowest BCUT2D eigenvalue weighted by atomic mass is 10.3. The number of anilines is 2. The molecule has 0 aliphatic rings. The number of para-hydroxylation sites is 2. The summed E-state index contributed by atoms with van der Waals surface area (Å²) in [5.41, 5.74) is 7.09. The normalized spacial score (nSPS) is 11.8. The van der Waals surface area contributed by atoms with Crippen molar-refractivity contribution in [1.29, 1.82) is 0 Å². The maximum Gasteiger partial charge on any atom is 0.186 e. The number of benzene rings is 2. The molecule has 128 valence electrons. The van der Waals surface area contributed by atoms with Crippen LogP contribution in [0.2, 0.25) is 0 Å². The van der Waals surface area contributed by atoms with Crippen LogP contribution < -0.4 is 10.9 Å². The minimum atomic E-state index is -0.262. The molecule has 0 saturated heterocycles. The zero-order valence-electron chi connectivity index (χ0n) is 13.9. The van der Waals surface area contributed by atoms with Gasteiger partial charge in [0.05, 0.1) is 11.4 Å². The number of Topliss-reactive ketones (excluding diaryl/α,β-unsaturated/α-hetero) is 2. The van der Waals surface area contributed by atoms with Gasteiger partial charge in [-0.1, -0.05) is 36.4 Å². The van der Waals surface area contributed by atoms with E-state index in [9.17, 15) is 9.59 Å². The van der Waals surface area contributed by atoms with Gasteiger partial charge < -0.3 is 0 Å². The Bertz CT molecular complexity index is 722. The second kappa shape index (κ2) is 9.39. The van der Waals surface area contributed by atoms with Crippen molar-refractivity contribution >= 4 is 44.8 Å². The quantitative estimate of drug-likeness (QED) is 0.469. The highest BCUT2D eigenvalue weighted by molar-refractivity contribution is 8.29. The SMILES string of the molecule is CC(=O)/C(=N\Nc1ccccc1)S/C(=N/Nc1ccccc1)C(C)=O. The van der Waals surface area contributed by atoms with E-state index in [1.165, 1.54) is 13.8 Å². The molecule has 0 radical (unpaired) electrons. The predicted molar refractivity (Wildman–Crippen MR) is 104 cm³/mol. The summed E-state index contributed by atoms with van der Waals surface area (Å²) < 4.78 is 0. The van der Waals surface area contributed by atoms with E-state index in [-0.39, 0.29) is 21.7 Å². The van der Waals surface area contributed by atoms with Crippen LogP contribution in [0.15, 0.2) is 70.9 Å². The highest BCUT2D eigenvalue weighted by Crippen LogP contribution is 2.13. The predicted octanol–water partition coefficient (Wildman–Crippen LogP) is 3.75. The smallest absolute Gasteiger partial charge is 0.186 e. The molecule has 25 heavy (non-hydrogen) atoms. The number of carbonyl (C=O) groups excluding carboxylic acids is 2. The first-order valence-corrected chi connectivity index (χ1v) is 8.35. The van der Waals surface area contributed by atoms with Crippen LogP contribution in [-0.4, -0.2) is 21.7 Å². The van der Waals surface area contributed by atoms with Crippen molar-refractivity contribution in [3.05, 3.63) is 60.7 Å². The Balaban J connectivity index is 2.13. The average molecular weight is 354 g/mol. The third kappa shape index (κ3) is 6.23. The number of hydrogen-bond acceptors (Lipinski definition) is 7. The maximum absolute atomic E-state index is 11.8. The van der Waals surface area contributed by atoms with Gasteiger partial charge in [0.1, 0.15) is 0 Å². The number of carbonyl (C=O) groups is 2. The standard InChI is InChI=1S/C18H18N4O2S/c1-13(23)17(21-19-15-9-5-3-6-10-15)25-18(14(2)24)22-20-16-11-7-4-8-12-16/h3-12,19-20H,1-2H3/b21-17+,22-18+. The second-order valence-electron chi connectivity index (χ2n) is 5.00. The van der Waals surface area contributed by atoms with Crippen molar-refractivity contribution in [2.75, 3.05) is 10.9 Å². The molecule has 0 aromatic heterocycles. The lowest BCUT2D eigenvalue weighted by Gasteiger charge is -2.06. The van der Waals surface area contributed by atoms with E-state index < -0.39 is 0 Å². The largest absolute Gasteiger partial charge is 0.292 e. The fourth-order valence-electron chi connectivity index (χ4n) is 1.69. The van der Waals surface area contributed by atoms with Gasteiger partial charge in [-0.2, -0.15) is 10.2 Å². The Labute approximate surface area is 150 Å². The lowest BCUT2D eigenvalue weighted by molar-refractivity contribution is -0.111. The van der Waals surface area contributed by atoms with Crippen LogP contribution in [0.25, 0.3) is 0 Å². The Hall–Kier alpha value is -2.93. The first kappa shape index (κ1) is 18.4. The van der Waals surface area contributed by atoms with Crippen molar-refractivity contribution in [2.45, 2.75) is 13.8 Å². The van der Waals surface area contributed by atoms with Gasteiger partial charge in [0, 0.05) is 13.8 Å². The third-order valence-corrected chi connectivity index (χ3v) is 4.06. The van der Waals surface area contributed by atoms with Crippen molar-refractivity contribution in [3.63, 3.8) is 0 Å². The number of ketones is 2. The average Bonchev–Trinajstić information content (AvgIpc) is 2.62. The summed E-state index contributed by atoms with van der Waals surface area (Å²) in [5.74, 6) is -0.524. The molecule has 0 aliphatic carbocycles. The topological polar surface area (TPSA) is 82.9 Å². The van der Waals surface area contributed by atoms with Gasteiger partial charge in [-0.25, -0.2) is 0 Å². The zero-order valence-corrected chi connectivity index (χ0v) is 14.7. The fraction of sp³-hybridized carbons (Fsp3) is 0.111. The fourth-order valence-corrected chi connectivity index (χ4v) is 2.35. The second-order valence-corrected chi connectivity index (χ2v) is 5.98. The molecule has 0 unspecified atom stereocenters. The number of thioether (sulfide) groups is 1. The van der Waals surface area contributed by atoms with Crippen LogP contribution in [0.5, 0.6) is 0 Å². The van der Waals surface area contributed by atoms with Gasteiger partial charge >= 0.3 is 0 Å². The maximum atomic E-state index is 11.8. The van der Waals surface area contributed by atoms with Crippen LogP contribution in [0.3, 0.4) is 0 Å². The number of hydrazone groups is 2. The molecule has 0 saturated carbocycles. The van der Waals surface area contributed by atoms with Crippen molar-refractivity contribution in [1.82, 2.24) is 0 Å². The van der Waals surface area contributed by atoms with Gasteiger partial charge in [-0.3, -0.25) is 20.4 Å². The van der Waals surface area contributed by atoms with Crippen LogP contribution in [0.4, 0.5) is 11.4 Å². The molecule has 0 amide bonds. The minimum absolute atomic E-state index is 0.146. The van der Waals surface area contributed by atoms with Gasteiger partial charge in [-0.05, 0) is 36.0 Å². The zero-order chi connectivity index (χ0) is 18.1. The molecular formula is C18H18N4O2S. The van der Waals surface area contributed by atoms with Crippen molar-refractivity contribution < 1.29 is 9.59 Å². The molecule has 0 bridgehead atoms. The third-order valence-electron chi connectivity index (χ3n) is 2.92. The molecule has 2 aromatic rings. The van der Waals surface area contributed by atoms with E-state index in [1.807, 2.05) is 60.7 Å². The molecule has 7 heteroatoms. The molecule has 6 nitrogen and oxygen atoms in total. The van der Waals surface area contributed by atoms with Crippen molar-refractivity contribution in [3.8, 4) is 0 Å². The minimum Gasteiger partial charge on any atom is -0.292 e. The summed E-state index contributed by atoms with van der Waals surface area (Å²) in [4.78, 5) is 23.6. The van der Waals surface area contributed by atoms with E-state index in [2.05, 4.69) is 21.1 Å². The van der Waals surface area contributed by atoms with E-state index in [4.69, 9.17) is 0 Å². The molecule has 0 aliphatic heterocycles. The summed E-state index contributed by atoms with van der Waals surface area (Å²) in [6.07, 6.45) is 0. The molecule has 0 fully saturated rings. The first-order chi connectivity index (χ1) is 12.1. The van der Waals surface area contributed by atoms with E-state index in [0.29, 0.717) is 0 Å². The molecular weight excluding hydrogens is 336 g/mol. The van der Waals surface area contributed by atoms with Gasteiger partial charge in [0.25, 0.3) is 0 Å². The Morgan fingerprint density at radius 3 is 1.40 bits per heavy atom. The van der Waals surface area contributed by atoms with Crippen LogP contribution >= 0.6 is 11.8 Å². The Kier molecular flexibility index (Phi) is 6.91. The number of hydrogen-bond donors (Lipinski definition) is 2. The molecule has 2 N–H and O–H groups in total. The van der Waals surface area contributed by atoms with E-state index >= 15 is 0 Å². The van der Waals surface area contributed by atoms with Gasteiger partial charge in [-0.15, -0.1) is 0 Å². The lowest BCUT2D eigenvalue weighted by Crippen LogP contribution is -2.16. The summed E-state index contributed by atoms with van der Waals surface area (Å²) in [6, 6.07) is 18.5.